The third-order valence-electron chi connectivity index (χ3n) is 5.31. The molecule has 152 valence electrons. The summed E-state index contributed by atoms with van der Waals surface area (Å²) >= 11 is 6.22. The van der Waals surface area contributed by atoms with Gasteiger partial charge in [-0.2, -0.15) is 5.10 Å². The van der Waals surface area contributed by atoms with E-state index in [1.165, 1.54) is 6.07 Å². The average Bonchev–Trinajstić information content (AvgIpc) is 2.95. The number of amides is 1. The maximum atomic E-state index is 13.7. The lowest BCUT2D eigenvalue weighted by atomic mass is 9.98. The van der Waals surface area contributed by atoms with Gasteiger partial charge in [-0.25, -0.2) is 4.39 Å². The largest absolute Gasteiger partial charge is 0.490 e. The molecule has 2 aromatic rings. The molecule has 0 N–H and O–H groups in total. The van der Waals surface area contributed by atoms with Gasteiger partial charge in [-0.3, -0.25) is 9.48 Å². The highest BCUT2D eigenvalue weighted by atomic mass is 35.5. The fraction of sp³-hybridized carbons (Fsp3) is 0.524. The molecule has 0 saturated carbocycles. The van der Waals surface area contributed by atoms with Crippen molar-refractivity contribution in [3.05, 3.63) is 46.5 Å². The van der Waals surface area contributed by atoms with Crippen molar-refractivity contribution >= 4 is 17.5 Å². The number of aryl methyl sites for hydroxylation is 1. The normalized spacial score (nSPS) is 18.2. The molecule has 1 aliphatic rings. The van der Waals surface area contributed by atoms with Crippen molar-refractivity contribution in [1.29, 1.82) is 0 Å². The first-order chi connectivity index (χ1) is 13.4. The number of carbonyl (C=O) groups is 1. The molecule has 1 fully saturated rings. The lowest BCUT2D eigenvalue weighted by Crippen LogP contribution is -2.42. The molecule has 2 heterocycles. The number of ether oxygens (including phenoxy) is 1. The Kier molecular flexibility index (Phi) is 6.60. The highest BCUT2D eigenvalue weighted by Gasteiger charge is 2.26. The molecule has 1 aliphatic heterocycles. The number of carbonyl (C=O) groups excluding carboxylic acids is 1. The number of likely N-dealkylation sites (tertiary alicyclic amines) is 1. The van der Waals surface area contributed by atoms with Crippen LogP contribution in [0.5, 0.6) is 5.75 Å². The van der Waals surface area contributed by atoms with Crippen molar-refractivity contribution in [2.45, 2.75) is 46.1 Å². The van der Waals surface area contributed by atoms with E-state index < -0.39 is 0 Å². The number of aromatic nitrogens is 2. The first-order valence-corrected chi connectivity index (χ1v) is 10.1. The molecular weight excluding hydrogens is 381 g/mol. The second-order valence-corrected chi connectivity index (χ2v) is 7.95. The summed E-state index contributed by atoms with van der Waals surface area (Å²) in [6, 6.07) is 6.34. The summed E-state index contributed by atoms with van der Waals surface area (Å²) in [4.78, 5) is 14.7. The molecule has 0 bridgehead atoms. The molecule has 7 heteroatoms. The Hall–Kier alpha value is -2.08. The van der Waals surface area contributed by atoms with Gasteiger partial charge in [-0.05, 0) is 45.7 Å². The molecule has 0 radical (unpaired) electrons. The minimum Gasteiger partial charge on any atom is -0.490 e. The Balaban J connectivity index is 1.55. The van der Waals surface area contributed by atoms with Crippen molar-refractivity contribution in [2.24, 2.45) is 5.92 Å². The van der Waals surface area contributed by atoms with Gasteiger partial charge in [-0.15, -0.1) is 0 Å². The van der Waals surface area contributed by atoms with E-state index in [1.54, 1.807) is 18.2 Å². The maximum Gasteiger partial charge on any atom is 0.224 e. The van der Waals surface area contributed by atoms with Crippen LogP contribution in [0.25, 0.3) is 0 Å². The number of halogens is 2. The van der Waals surface area contributed by atoms with Gasteiger partial charge < -0.3 is 9.64 Å². The van der Waals surface area contributed by atoms with Gasteiger partial charge in [0.1, 0.15) is 0 Å². The van der Waals surface area contributed by atoms with Crippen molar-refractivity contribution in [1.82, 2.24) is 14.7 Å². The van der Waals surface area contributed by atoms with Crippen LogP contribution in [0, 0.1) is 25.6 Å². The summed E-state index contributed by atoms with van der Waals surface area (Å²) in [7, 11) is 0. The minimum atomic E-state index is -0.358. The van der Waals surface area contributed by atoms with Crippen molar-refractivity contribution in [2.75, 3.05) is 19.7 Å². The van der Waals surface area contributed by atoms with Gasteiger partial charge in [0.15, 0.2) is 11.6 Å². The van der Waals surface area contributed by atoms with Crippen LogP contribution in [0.4, 0.5) is 4.39 Å². The van der Waals surface area contributed by atoms with Crippen LogP contribution < -0.4 is 4.74 Å². The van der Waals surface area contributed by atoms with Crippen LogP contribution in [0.15, 0.2) is 24.3 Å². The second kappa shape index (κ2) is 8.95. The third kappa shape index (κ3) is 4.66. The van der Waals surface area contributed by atoms with Crippen LogP contribution in [0.3, 0.4) is 0 Å². The average molecular weight is 408 g/mol. The van der Waals surface area contributed by atoms with E-state index in [-0.39, 0.29) is 29.4 Å². The zero-order valence-corrected chi connectivity index (χ0v) is 17.4. The van der Waals surface area contributed by atoms with Crippen LogP contribution >= 0.6 is 11.6 Å². The minimum absolute atomic E-state index is 0.0614. The summed E-state index contributed by atoms with van der Waals surface area (Å²) in [6.07, 6.45) is 2.27. The van der Waals surface area contributed by atoms with Gasteiger partial charge >= 0.3 is 0 Å². The summed E-state index contributed by atoms with van der Waals surface area (Å²) in [5.74, 6) is 0.215. The molecule has 1 saturated heterocycles. The molecule has 1 aromatic carbocycles. The Bertz CT molecular complexity index is 839. The molecule has 1 aromatic heterocycles. The van der Waals surface area contributed by atoms with Crippen LogP contribution in [0.1, 0.15) is 43.6 Å². The van der Waals surface area contributed by atoms with E-state index >= 15 is 0 Å². The van der Waals surface area contributed by atoms with Gasteiger partial charge in [-0.1, -0.05) is 23.7 Å². The lowest BCUT2D eigenvalue weighted by molar-refractivity contribution is -0.134. The first kappa shape index (κ1) is 20.6. The standard InChI is InChI=1S/C21H27ClFN3O2/c1-14(26-16(3)21(22)15(2)24-26)11-20(27)25-10-6-7-17(12-25)13-28-19-9-5-4-8-18(19)23/h4-5,8-9,14,17H,6-7,10-13H2,1-3H3/t14-,17-/m1/s1. The molecule has 0 aliphatic carbocycles. The van der Waals surface area contributed by atoms with E-state index in [0.717, 1.165) is 30.8 Å². The van der Waals surface area contributed by atoms with Crippen molar-refractivity contribution < 1.29 is 13.9 Å². The van der Waals surface area contributed by atoms with E-state index in [4.69, 9.17) is 16.3 Å². The quantitative estimate of drug-likeness (QED) is 0.705. The number of hydrogen-bond acceptors (Lipinski definition) is 3. The predicted octanol–water partition coefficient (Wildman–Crippen LogP) is 4.56. The molecule has 0 spiro atoms. The molecule has 5 nitrogen and oxygen atoms in total. The number of para-hydroxylation sites is 1. The lowest BCUT2D eigenvalue weighted by Gasteiger charge is -2.33. The van der Waals surface area contributed by atoms with Gasteiger partial charge in [0.05, 0.1) is 29.1 Å². The number of rotatable bonds is 6. The predicted molar refractivity (Wildman–Crippen MR) is 107 cm³/mol. The van der Waals surface area contributed by atoms with Crippen LogP contribution in [-0.4, -0.2) is 40.3 Å². The number of benzene rings is 1. The Labute approximate surface area is 170 Å². The zero-order chi connectivity index (χ0) is 20.3. The van der Waals surface area contributed by atoms with Gasteiger partial charge in [0, 0.05) is 25.4 Å². The fourth-order valence-corrected chi connectivity index (χ4v) is 3.86. The van der Waals surface area contributed by atoms with Crippen LogP contribution in [0.2, 0.25) is 5.02 Å². The second-order valence-electron chi connectivity index (χ2n) is 7.57. The van der Waals surface area contributed by atoms with Gasteiger partial charge in [0.2, 0.25) is 5.91 Å². The topological polar surface area (TPSA) is 47.4 Å². The molecule has 3 rings (SSSR count). The van der Waals surface area contributed by atoms with E-state index in [1.807, 2.05) is 30.4 Å². The molecule has 2 atom stereocenters. The summed E-state index contributed by atoms with van der Waals surface area (Å²) in [6.45, 7) is 7.56. The smallest absolute Gasteiger partial charge is 0.224 e. The highest BCUT2D eigenvalue weighted by Crippen LogP contribution is 2.25. The number of piperidine rings is 1. The SMILES string of the molecule is Cc1nn([C@H](C)CC(=O)N2CCC[C@@H](COc3ccccc3F)C2)c(C)c1Cl. The van der Waals surface area contributed by atoms with E-state index in [2.05, 4.69) is 5.10 Å². The Morgan fingerprint density at radius 2 is 2.14 bits per heavy atom. The number of hydrogen-bond donors (Lipinski definition) is 0. The third-order valence-corrected chi connectivity index (χ3v) is 5.85. The molecule has 28 heavy (non-hydrogen) atoms. The monoisotopic (exact) mass is 407 g/mol. The Morgan fingerprint density at radius 3 is 2.82 bits per heavy atom. The van der Waals surface area contributed by atoms with Crippen molar-refractivity contribution in [3.8, 4) is 5.75 Å². The zero-order valence-electron chi connectivity index (χ0n) is 16.6. The van der Waals surface area contributed by atoms with E-state index in [0.29, 0.717) is 24.6 Å². The summed E-state index contributed by atoms with van der Waals surface area (Å²) in [5.41, 5.74) is 1.66. The van der Waals surface area contributed by atoms with Crippen molar-refractivity contribution in [3.63, 3.8) is 0 Å². The maximum absolute atomic E-state index is 13.7. The molecule has 0 unspecified atom stereocenters. The van der Waals surface area contributed by atoms with Gasteiger partial charge in [0.25, 0.3) is 0 Å². The number of nitrogens with zero attached hydrogens (tertiary/aromatic N) is 3. The molecule has 1 amide bonds. The first-order valence-electron chi connectivity index (χ1n) is 9.73. The highest BCUT2D eigenvalue weighted by molar-refractivity contribution is 6.31. The molecular formula is C21H27ClFN3O2. The summed E-state index contributed by atoms with van der Waals surface area (Å²) in [5, 5.41) is 5.11. The van der Waals surface area contributed by atoms with Crippen LogP contribution in [-0.2, 0) is 4.79 Å². The Morgan fingerprint density at radius 1 is 1.39 bits per heavy atom. The summed E-state index contributed by atoms with van der Waals surface area (Å²) < 4.78 is 21.2. The fourth-order valence-electron chi connectivity index (χ4n) is 3.74. The van der Waals surface area contributed by atoms with E-state index in [9.17, 15) is 9.18 Å².